The normalized spacial score (nSPS) is 12.4. The molecular formula is C23H17N3O2S. The zero-order valence-electron chi connectivity index (χ0n) is 15.4. The van der Waals surface area contributed by atoms with Gasteiger partial charge in [-0.3, -0.25) is 5.43 Å². The number of nitrogens with one attached hydrogen (secondary N) is 1. The van der Waals surface area contributed by atoms with Crippen molar-refractivity contribution in [3.05, 3.63) is 83.7 Å². The molecule has 0 unspecified atom stereocenters. The molecule has 0 amide bonds. The second-order valence-corrected chi connectivity index (χ2v) is 7.32. The van der Waals surface area contributed by atoms with Crippen molar-refractivity contribution in [1.82, 2.24) is 4.98 Å². The Kier molecular flexibility index (Phi) is 4.68. The highest BCUT2D eigenvalue weighted by molar-refractivity contribution is 7.14. The summed E-state index contributed by atoms with van der Waals surface area (Å²) >= 11 is 1.52. The van der Waals surface area contributed by atoms with E-state index in [4.69, 9.17) is 9.47 Å². The quantitative estimate of drug-likeness (QED) is 0.348. The van der Waals surface area contributed by atoms with Gasteiger partial charge in [0.25, 0.3) is 0 Å². The minimum absolute atomic E-state index is 0.266. The molecular weight excluding hydrogens is 382 g/mol. The van der Waals surface area contributed by atoms with Gasteiger partial charge in [0.05, 0.1) is 11.9 Å². The minimum atomic E-state index is 0.266. The second-order valence-electron chi connectivity index (χ2n) is 6.46. The maximum atomic E-state index is 5.38. The van der Waals surface area contributed by atoms with Crippen LogP contribution in [-0.2, 0) is 0 Å². The summed E-state index contributed by atoms with van der Waals surface area (Å²) in [6.45, 7) is 0.266. The zero-order valence-corrected chi connectivity index (χ0v) is 16.2. The Morgan fingerprint density at radius 1 is 0.862 bits per heavy atom. The minimum Gasteiger partial charge on any atom is -0.454 e. The van der Waals surface area contributed by atoms with Crippen molar-refractivity contribution in [3.63, 3.8) is 0 Å². The second kappa shape index (κ2) is 7.77. The SMILES string of the molecule is C(=N\Nc1nc(-c2ccc(-c3ccccc3)cc2)cs1)/c1ccc2c(c1)OCO2. The number of anilines is 1. The van der Waals surface area contributed by atoms with Crippen LogP contribution in [0.4, 0.5) is 5.13 Å². The molecule has 3 aromatic carbocycles. The van der Waals surface area contributed by atoms with Crippen LogP contribution in [0.3, 0.4) is 0 Å². The number of fused-ring (bicyclic) bond motifs is 1. The highest BCUT2D eigenvalue weighted by Gasteiger charge is 2.12. The first-order chi connectivity index (χ1) is 14.3. The maximum Gasteiger partial charge on any atom is 0.231 e. The number of benzene rings is 3. The average Bonchev–Trinajstić information content (AvgIpc) is 3.44. The van der Waals surface area contributed by atoms with E-state index in [2.05, 4.69) is 51.9 Å². The van der Waals surface area contributed by atoms with Gasteiger partial charge < -0.3 is 9.47 Å². The van der Waals surface area contributed by atoms with Gasteiger partial charge in [0.2, 0.25) is 11.9 Å². The van der Waals surface area contributed by atoms with Crippen LogP contribution < -0.4 is 14.9 Å². The molecule has 5 rings (SSSR count). The Balaban J connectivity index is 1.26. The smallest absolute Gasteiger partial charge is 0.231 e. The number of ether oxygens (including phenoxy) is 2. The first-order valence-corrected chi connectivity index (χ1v) is 10.0. The molecule has 2 heterocycles. The van der Waals surface area contributed by atoms with Gasteiger partial charge in [-0.05, 0) is 34.9 Å². The van der Waals surface area contributed by atoms with Gasteiger partial charge in [-0.1, -0.05) is 54.6 Å². The standard InChI is InChI=1S/C23H17N3O2S/c1-2-4-17(5-3-1)18-7-9-19(10-8-18)20-14-29-23(25-20)26-24-13-16-6-11-21-22(12-16)28-15-27-21/h1-14H,15H2,(H,25,26)/b24-13+. The van der Waals surface area contributed by atoms with E-state index < -0.39 is 0 Å². The summed E-state index contributed by atoms with van der Waals surface area (Å²) < 4.78 is 10.7. The number of aromatic nitrogens is 1. The van der Waals surface area contributed by atoms with Crippen LogP contribution in [-0.4, -0.2) is 18.0 Å². The lowest BCUT2D eigenvalue weighted by molar-refractivity contribution is 0.174. The number of rotatable bonds is 5. The Labute approximate surface area is 172 Å². The van der Waals surface area contributed by atoms with Gasteiger partial charge in [-0.2, -0.15) is 5.10 Å². The molecule has 1 aromatic heterocycles. The molecule has 0 radical (unpaired) electrons. The highest BCUT2D eigenvalue weighted by Crippen LogP contribution is 2.32. The van der Waals surface area contributed by atoms with E-state index in [0.717, 1.165) is 33.5 Å². The molecule has 1 aliphatic rings. The van der Waals surface area contributed by atoms with Crippen LogP contribution in [0.2, 0.25) is 0 Å². The van der Waals surface area contributed by atoms with Crippen molar-refractivity contribution in [2.24, 2.45) is 5.10 Å². The van der Waals surface area contributed by atoms with Crippen LogP contribution >= 0.6 is 11.3 Å². The summed E-state index contributed by atoms with van der Waals surface area (Å²) in [6.07, 6.45) is 1.73. The molecule has 1 N–H and O–H groups in total. The Morgan fingerprint density at radius 3 is 2.48 bits per heavy atom. The van der Waals surface area contributed by atoms with Gasteiger partial charge in [-0.15, -0.1) is 11.3 Å². The van der Waals surface area contributed by atoms with E-state index in [-0.39, 0.29) is 6.79 Å². The Bertz CT molecular complexity index is 1150. The molecule has 4 aromatic rings. The van der Waals surface area contributed by atoms with Crippen molar-refractivity contribution in [2.75, 3.05) is 12.2 Å². The molecule has 5 nitrogen and oxygen atoms in total. The van der Waals surface area contributed by atoms with E-state index in [1.54, 1.807) is 6.21 Å². The first kappa shape index (κ1) is 17.5. The molecule has 0 bridgehead atoms. The number of hydrogen-bond donors (Lipinski definition) is 1. The van der Waals surface area contributed by atoms with Gasteiger partial charge in [0, 0.05) is 10.9 Å². The third-order valence-corrected chi connectivity index (χ3v) is 5.31. The van der Waals surface area contributed by atoms with Crippen molar-refractivity contribution in [3.8, 4) is 33.9 Å². The molecule has 6 heteroatoms. The lowest BCUT2D eigenvalue weighted by Gasteiger charge is -2.02. The number of hydrazone groups is 1. The molecule has 0 atom stereocenters. The first-order valence-electron chi connectivity index (χ1n) is 9.15. The lowest BCUT2D eigenvalue weighted by Crippen LogP contribution is -1.93. The van der Waals surface area contributed by atoms with E-state index >= 15 is 0 Å². The van der Waals surface area contributed by atoms with Gasteiger partial charge in [-0.25, -0.2) is 4.98 Å². The van der Waals surface area contributed by atoms with Crippen LogP contribution in [0.1, 0.15) is 5.56 Å². The summed E-state index contributed by atoms with van der Waals surface area (Å²) in [5.41, 5.74) is 8.32. The van der Waals surface area contributed by atoms with Gasteiger partial charge >= 0.3 is 0 Å². The molecule has 0 saturated heterocycles. The molecule has 0 aliphatic carbocycles. The zero-order chi connectivity index (χ0) is 19.5. The van der Waals surface area contributed by atoms with E-state index in [1.165, 1.54) is 22.5 Å². The van der Waals surface area contributed by atoms with Crippen molar-refractivity contribution in [2.45, 2.75) is 0 Å². The summed E-state index contributed by atoms with van der Waals surface area (Å²) in [7, 11) is 0. The van der Waals surface area contributed by atoms with Gasteiger partial charge in [0.15, 0.2) is 11.5 Å². The monoisotopic (exact) mass is 399 g/mol. The molecule has 0 spiro atoms. The van der Waals surface area contributed by atoms with Crippen molar-refractivity contribution < 1.29 is 9.47 Å². The van der Waals surface area contributed by atoms with Gasteiger partial charge in [0.1, 0.15) is 0 Å². The average molecular weight is 399 g/mol. The third-order valence-electron chi connectivity index (χ3n) is 4.56. The number of hydrogen-bond acceptors (Lipinski definition) is 6. The fourth-order valence-corrected chi connectivity index (χ4v) is 3.75. The van der Waals surface area contributed by atoms with Crippen LogP contribution in [0.15, 0.2) is 83.3 Å². The summed E-state index contributed by atoms with van der Waals surface area (Å²) in [5, 5.41) is 7.04. The number of thiazole rings is 1. The molecule has 29 heavy (non-hydrogen) atoms. The van der Waals surface area contributed by atoms with Crippen molar-refractivity contribution >= 4 is 22.7 Å². The molecule has 0 saturated carbocycles. The Hall–Kier alpha value is -3.64. The highest BCUT2D eigenvalue weighted by atomic mass is 32.1. The lowest BCUT2D eigenvalue weighted by atomic mass is 10.0. The van der Waals surface area contributed by atoms with Crippen LogP contribution in [0.5, 0.6) is 11.5 Å². The summed E-state index contributed by atoms with van der Waals surface area (Å²) in [4.78, 5) is 4.62. The van der Waals surface area contributed by atoms with E-state index in [0.29, 0.717) is 0 Å². The number of nitrogens with zero attached hydrogens (tertiary/aromatic N) is 2. The Morgan fingerprint density at radius 2 is 1.62 bits per heavy atom. The molecule has 0 fully saturated rings. The topological polar surface area (TPSA) is 55.7 Å². The molecule has 1 aliphatic heterocycles. The van der Waals surface area contributed by atoms with Crippen LogP contribution in [0.25, 0.3) is 22.4 Å². The maximum absolute atomic E-state index is 5.38. The van der Waals surface area contributed by atoms with E-state index in [9.17, 15) is 0 Å². The predicted molar refractivity (Wildman–Crippen MR) is 117 cm³/mol. The van der Waals surface area contributed by atoms with Crippen molar-refractivity contribution in [1.29, 1.82) is 0 Å². The van der Waals surface area contributed by atoms with E-state index in [1.807, 2.05) is 41.8 Å². The fraction of sp³-hybridized carbons (Fsp3) is 0.0435. The summed E-state index contributed by atoms with van der Waals surface area (Å²) in [5.74, 6) is 1.50. The fourth-order valence-electron chi connectivity index (χ4n) is 3.08. The van der Waals surface area contributed by atoms with Crippen LogP contribution in [0, 0.1) is 0 Å². The predicted octanol–water partition coefficient (Wildman–Crippen LogP) is 5.65. The summed E-state index contributed by atoms with van der Waals surface area (Å²) in [6, 6.07) is 24.5. The largest absolute Gasteiger partial charge is 0.454 e. The third kappa shape index (κ3) is 3.83. The molecule has 142 valence electrons.